The van der Waals surface area contributed by atoms with Crippen LogP contribution in [0, 0.1) is 0 Å². The van der Waals surface area contributed by atoms with Gasteiger partial charge in [0.25, 0.3) is 0 Å². The molecule has 0 aromatic heterocycles. The Kier molecular flexibility index (Phi) is 6.01. The third kappa shape index (κ3) is 5.45. The first-order valence-corrected chi connectivity index (χ1v) is 6.98. The Bertz CT molecular complexity index is 503. The summed E-state index contributed by atoms with van der Waals surface area (Å²) in [5, 5.41) is 4.73. The van der Waals surface area contributed by atoms with E-state index in [1.165, 1.54) is 18.2 Å². The van der Waals surface area contributed by atoms with Crippen LogP contribution >= 0.6 is 34.8 Å². The van der Waals surface area contributed by atoms with Gasteiger partial charge in [-0.25, -0.2) is 0 Å². The molecule has 0 spiro atoms. The Labute approximate surface area is 134 Å². The fraction of sp³-hybridized carbons (Fsp3) is 0.417. The van der Waals surface area contributed by atoms with Crippen molar-refractivity contribution in [3.05, 3.63) is 29.8 Å². The van der Waals surface area contributed by atoms with Crippen molar-refractivity contribution in [2.45, 2.75) is 29.5 Å². The maximum absolute atomic E-state index is 12.9. The third-order valence-electron chi connectivity index (χ3n) is 2.49. The van der Waals surface area contributed by atoms with E-state index in [4.69, 9.17) is 34.8 Å². The van der Waals surface area contributed by atoms with Crippen LogP contribution in [0.4, 0.5) is 18.9 Å². The molecule has 1 aromatic carbocycles. The number of hydrogen-bond acceptors (Lipinski definition) is 2. The second-order valence-electron chi connectivity index (χ2n) is 4.08. The molecule has 0 aliphatic carbocycles. The second-order valence-corrected chi connectivity index (χ2v) is 6.45. The number of alkyl halides is 6. The molecule has 2 N–H and O–H groups in total. The van der Waals surface area contributed by atoms with Crippen molar-refractivity contribution in [2.75, 3.05) is 5.32 Å². The van der Waals surface area contributed by atoms with Crippen molar-refractivity contribution >= 4 is 46.4 Å². The zero-order valence-corrected chi connectivity index (χ0v) is 13.0. The van der Waals surface area contributed by atoms with Gasteiger partial charge in [0.1, 0.15) is 6.17 Å². The lowest BCUT2D eigenvalue weighted by atomic mass is 10.1. The van der Waals surface area contributed by atoms with E-state index in [1.54, 1.807) is 6.92 Å². The quantitative estimate of drug-likeness (QED) is 0.617. The molecular weight excluding hydrogens is 351 g/mol. The summed E-state index contributed by atoms with van der Waals surface area (Å²) in [4.78, 5) is 11.4. The molecule has 3 nitrogen and oxygen atoms in total. The van der Waals surface area contributed by atoms with E-state index < -0.39 is 27.6 Å². The number of hydrogen-bond donors (Lipinski definition) is 2. The minimum absolute atomic E-state index is 0.0971. The largest absolute Gasteiger partial charge is 0.418 e. The average Bonchev–Trinajstić information content (AvgIpc) is 2.36. The van der Waals surface area contributed by atoms with Crippen LogP contribution < -0.4 is 10.6 Å². The molecule has 9 heteroatoms. The van der Waals surface area contributed by atoms with Gasteiger partial charge in [-0.05, 0) is 12.1 Å². The molecule has 118 valence electrons. The van der Waals surface area contributed by atoms with Gasteiger partial charge < -0.3 is 10.6 Å². The lowest BCUT2D eigenvalue weighted by Gasteiger charge is -2.28. The van der Waals surface area contributed by atoms with Crippen molar-refractivity contribution in [3.8, 4) is 0 Å². The number of benzene rings is 1. The third-order valence-corrected chi connectivity index (χ3v) is 3.14. The van der Waals surface area contributed by atoms with Gasteiger partial charge in [0, 0.05) is 12.1 Å². The van der Waals surface area contributed by atoms with Gasteiger partial charge in [0.2, 0.25) is 9.70 Å². The highest BCUT2D eigenvalue weighted by molar-refractivity contribution is 6.68. The van der Waals surface area contributed by atoms with Crippen molar-refractivity contribution in [3.63, 3.8) is 0 Å². The molecular formula is C12H12Cl3F3N2O. The van der Waals surface area contributed by atoms with E-state index in [0.29, 0.717) is 0 Å². The zero-order valence-electron chi connectivity index (χ0n) is 10.8. The van der Waals surface area contributed by atoms with Crippen LogP contribution in [-0.2, 0) is 11.0 Å². The number of halogens is 6. The van der Waals surface area contributed by atoms with E-state index in [1.807, 2.05) is 0 Å². The molecule has 21 heavy (non-hydrogen) atoms. The Morgan fingerprint density at radius 2 is 1.81 bits per heavy atom. The maximum atomic E-state index is 12.9. The summed E-state index contributed by atoms with van der Waals surface area (Å²) in [7, 11) is 0. The van der Waals surface area contributed by atoms with Crippen LogP contribution in [0.1, 0.15) is 18.9 Å². The van der Waals surface area contributed by atoms with Crippen LogP contribution in [0.15, 0.2) is 24.3 Å². The number of carbonyl (C=O) groups excluding carboxylic acids is 1. The molecule has 1 amide bonds. The fourth-order valence-corrected chi connectivity index (χ4v) is 1.80. The summed E-state index contributed by atoms with van der Waals surface area (Å²) in [6, 6.07) is 4.71. The molecule has 0 fully saturated rings. The lowest BCUT2D eigenvalue weighted by molar-refractivity contribution is -0.137. The summed E-state index contributed by atoms with van der Waals surface area (Å²) >= 11 is 17.1. The van der Waals surface area contributed by atoms with Crippen molar-refractivity contribution < 1.29 is 18.0 Å². The highest BCUT2D eigenvalue weighted by Crippen LogP contribution is 2.37. The first-order chi connectivity index (χ1) is 9.55. The van der Waals surface area contributed by atoms with Crippen molar-refractivity contribution in [2.24, 2.45) is 0 Å². The summed E-state index contributed by atoms with van der Waals surface area (Å²) in [6.45, 7) is 1.56. The molecule has 0 heterocycles. The van der Waals surface area contributed by atoms with Crippen LogP contribution in [0.2, 0.25) is 0 Å². The number of carbonyl (C=O) groups is 1. The molecule has 1 atom stereocenters. The number of amides is 1. The topological polar surface area (TPSA) is 41.1 Å². The molecule has 0 aliphatic rings. The van der Waals surface area contributed by atoms with Gasteiger partial charge >= 0.3 is 6.18 Å². The molecule has 0 unspecified atom stereocenters. The summed E-state index contributed by atoms with van der Waals surface area (Å²) < 4.78 is 36.7. The predicted molar refractivity (Wildman–Crippen MR) is 77.6 cm³/mol. The first kappa shape index (κ1) is 18.2. The summed E-state index contributed by atoms with van der Waals surface area (Å²) in [6.07, 6.45) is -5.78. The number of nitrogens with one attached hydrogen (secondary N) is 2. The van der Waals surface area contributed by atoms with Gasteiger partial charge in [-0.2, -0.15) is 13.2 Å². The number of para-hydroxylation sites is 1. The fourth-order valence-electron chi connectivity index (χ4n) is 1.47. The van der Waals surface area contributed by atoms with Gasteiger partial charge in [-0.1, -0.05) is 53.9 Å². The van der Waals surface area contributed by atoms with Crippen LogP contribution in [0.3, 0.4) is 0 Å². The van der Waals surface area contributed by atoms with Crippen LogP contribution in [0.25, 0.3) is 0 Å². The summed E-state index contributed by atoms with van der Waals surface area (Å²) in [5.74, 6) is -0.469. The monoisotopic (exact) mass is 362 g/mol. The molecule has 1 rings (SSSR count). The summed E-state index contributed by atoms with van der Waals surface area (Å²) in [5.41, 5.74) is -1.22. The van der Waals surface area contributed by atoms with Crippen LogP contribution in [0.5, 0.6) is 0 Å². The molecule has 0 aliphatic heterocycles. The molecule has 0 saturated carbocycles. The SMILES string of the molecule is CCC(=O)N[C@@H](Nc1ccccc1C(F)(F)F)C(Cl)(Cl)Cl. The lowest BCUT2D eigenvalue weighted by Crippen LogP contribution is -2.49. The predicted octanol–water partition coefficient (Wildman–Crippen LogP) is 4.34. The molecule has 1 aromatic rings. The van der Waals surface area contributed by atoms with Crippen molar-refractivity contribution in [1.29, 1.82) is 0 Å². The minimum atomic E-state index is -4.57. The zero-order chi connectivity index (χ0) is 16.3. The Balaban J connectivity index is 3.07. The van der Waals surface area contributed by atoms with E-state index in [2.05, 4.69) is 10.6 Å². The molecule has 0 radical (unpaired) electrons. The number of rotatable bonds is 4. The Morgan fingerprint density at radius 3 is 2.29 bits per heavy atom. The van der Waals surface area contributed by atoms with Crippen molar-refractivity contribution in [1.82, 2.24) is 5.32 Å². The Morgan fingerprint density at radius 1 is 1.24 bits per heavy atom. The minimum Gasteiger partial charge on any atom is -0.361 e. The highest BCUT2D eigenvalue weighted by Gasteiger charge is 2.37. The van der Waals surface area contributed by atoms with Crippen LogP contribution in [-0.4, -0.2) is 15.9 Å². The van der Waals surface area contributed by atoms with E-state index >= 15 is 0 Å². The average molecular weight is 364 g/mol. The highest BCUT2D eigenvalue weighted by atomic mass is 35.6. The maximum Gasteiger partial charge on any atom is 0.418 e. The normalized spacial score (nSPS) is 13.7. The standard InChI is InChI=1S/C12H12Cl3F3N2O/c1-2-9(21)20-10(11(13,14)15)19-8-6-4-3-5-7(8)12(16,17)18/h3-6,10,19H,2H2,1H3,(H,20,21)/t10-/m1/s1. The molecule has 0 saturated heterocycles. The van der Waals surface area contributed by atoms with E-state index in [9.17, 15) is 18.0 Å². The smallest absolute Gasteiger partial charge is 0.361 e. The van der Waals surface area contributed by atoms with E-state index in [-0.39, 0.29) is 12.1 Å². The number of anilines is 1. The van der Waals surface area contributed by atoms with E-state index in [0.717, 1.165) is 6.07 Å². The molecule has 0 bridgehead atoms. The van der Waals surface area contributed by atoms with Gasteiger partial charge in [0.05, 0.1) is 5.56 Å². The first-order valence-electron chi connectivity index (χ1n) is 5.84. The van der Waals surface area contributed by atoms with Gasteiger partial charge in [-0.3, -0.25) is 4.79 Å². The second kappa shape index (κ2) is 6.94. The Hall–Kier alpha value is -0.850. The van der Waals surface area contributed by atoms with Gasteiger partial charge in [-0.15, -0.1) is 0 Å². The van der Waals surface area contributed by atoms with Gasteiger partial charge in [0.15, 0.2) is 0 Å².